The van der Waals surface area contributed by atoms with Crippen molar-refractivity contribution in [2.24, 2.45) is 10.4 Å². The summed E-state index contributed by atoms with van der Waals surface area (Å²) in [6.07, 6.45) is 2.46. The molecule has 1 heterocycles. The number of aromatic nitrogens is 1. The molecule has 4 nitrogen and oxygen atoms in total. The highest BCUT2D eigenvalue weighted by Gasteiger charge is 2.35. The molecule has 0 unspecified atom stereocenters. The highest BCUT2D eigenvalue weighted by molar-refractivity contribution is 6.24. The van der Waals surface area contributed by atoms with Gasteiger partial charge < -0.3 is 10.1 Å². The van der Waals surface area contributed by atoms with Crippen LogP contribution < -0.4 is 0 Å². The number of aromatic amines is 1. The van der Waals surface area contributed by atoms with Crippen molar-refractivity contribution in [3.05, 3.63) is 46.4 Å². The molecule has 3 rings (SSSR count). The summed E-state index contributed by atoms with van der Waals surface area (Å²) in [5.41, 5.74) is 5.97. The third kappa shape index (κ3) is 4.00. The second-order valence-electron chi connectivity index (χ2n) is 8.47. The predicted octanol–water partition coefficient (Wildman–Crippen LogP) is 5.38. The molecule has 4 heteroatoms. The molecule has 1 saturated carbocycles. The van der Waals surface area contributed by atoms with Gasteiger partial charge >= 0.3 is 0 Å². The maximum Gasteiger partial charge on any atom is 0.168 e. The number of hydrogen-bond acceptors (Lipinski definition) is 3. The summed E-state index contributed by atoms with van der Waals surface area (Å²) in [5.74, 6) is 0.191. The number of hydrogen-bond donors (Lipinski definition) is 2. The number of rotatable bonds is 4. The third-order valence-corrected chi connectivity index (χ3v) is 5.42. The van der Waals surface area contributed by atoms with Crippen LogP contribution in [0.1, 0.15) is 56.9 Å². The lowest BCUT2D eigenvalue weighted by Crippen LogP contribution is -2.32. The van der Waals surface area contributed by atoms with Gasteiger partial charge in [-0.1, -0.05) is 32.4 Å². The standard InChI is InChI=1S/C23H30N2O2/c1-6-20(26)22-19(12-23(4,5)13-21(22)27)24-10-9-16-15(3)25-18-8-7-14(2)11-17(16)18/h7-8,11,25-26H,6,9-10,12-13H2,1-5H3/b22-20+,24-19?. The number of nitrogens with one attached hydrogen (secondary N) is 1. The Kier molecular flexibility index (Phi) is 5.27. The summed E-state index contributed by atoms with van der Waals surface area (Å²) < 4.78 is 0. The Hall–Kier alpha value is -2.36. The summed E-state index contributed by atoms with van der Waals surface area (Å²) in [4.78, 5) is 20.8. The lowest BCUT2D eigenvalue weighted by atomic mass is 9.73. The number of H-pyrrole nitrogens is 1. The average molecular weight is 367 g/mol. The van der Waals surface area contributed by atoms with E-state index in [-0.39, 0.29) is 17.0 Å². The van der Waals surface area contributed by atoms with Gasteiger partial charge in [0.05, 0.1) is 5.57 Å². The molecule has 27 heavy (non-hydrogen) atoms. The van der Waals surface area contributed by atoms with Crippen LogP contribution in [0, 0.1) is 19.3 Å². The number of carbonyl (C=O) groups excluding carboxylic acids is 1. The van der Waals surface area contributed by atoms with E-state index in [1.807, 2.05) is 6.92 Å². The van der Waals surface area contributed by atoms with Crippen molar-refractivity contribution in [2.75, 3.05) is 6.54 Å². The molecule has 0 bridgehead atoms. The van der Waals surface area contributed by atoms with Gasteiger partial charge in [0.1, 0.15) is 5.76 Å². The topological polar surface area (TPSA) is 65.4 Å². The van der Waals surface area contributed by atoms with Gasteiger partial charge in [-0.3, -0.25) is 9.79 Å². The van der Waals surface area contributed by atoms with Crippen molar-refractivity contribution in [2.45, 2.75) is 60.3 Å². The van der Waals surface area contributed by atoms with E-state index in [2.05, 4.69) is 50.9 Å². The summed E-state index contributed by atoms with van der Waals surface area (Å²) in [6.45, 7) is 10.9. The Morgan fingerprint density at radius 3 is 2.70 bits per heavy atom. The van der Waals surface area contributed by atoms with E-state index < -0.39 is 0 Å². The zero-order valence-electron chi connectivity index (χ0n) is 17.1. The maximum atomic E-state index is 12.6. The average Bonchev–Trinajstić information content (AvgIpc) is 2.88. The van der Waals surface area contributed by atoms with Crippen LogP contribution in [0.3, 0.4) is 0 Å². The van der Waals surface area contributed by atoms with E-state index in [0.29, 0.717) is 25.0 Å². The number of ketones is 1. The summed E-state index contributed by atoms with van der Waals surface area (Å²) in [7, 11) is 0. The van der Waals surface area contributed by atoms with E-state index in [0.717, 1.165) is 24.1 Å². The quantitative estimate of drug-likeness (QED) is 0.563. The first-order chi connectivity index (χ1) is 12.7. The minimum Gasteiger partial charge on any atom is -0.512 e. The van der Waals surface area contributed by atoms with Crippen LogP contribution in [-0.2, 0) is 11.2 Å². The molecule has 0 atom stereocenters. The maximum absolute atomic E-state index is 12.6. The van der Waals surface area contributed by atoms with Gasteiger partial charge in [0.2, 0.25) is 0 Å². The first-order valence-electron chi connectivity index (χ1n) is 9.78. The van der Waals surface area contributed by atoms with Crippen LogP contribution in [0.2, 0.25) is 0 Å². The number of aryl methyl sites for hydroxylation is 2. The van der Waals surface area contributed by atoms with Crippen molar-refractivity contribution in [1.29, 1.82) is 0 Å². The van der Waals surface area contributed by atoms with Crippen molar-refractivity contribution in [3.63, 3.8) is 0 Å². The molecule has 144 valence electrons. The number of carbonyl (C=O) groups is 1. The van der Waals surface area contributed by atoms with Gasteiger partial charge in [0.15, 0.2) is 5.78 Å². The third-order valence-electron chi connectivity index (χ3n) is 5.42. The number of aliphatic hydroxyl groups excluding tert-OH is 1. The van der Waals surface area contributed by atoms with Crippen LogP contribution >= 0.6 is 0 Å². The molecule has 1 aromatic carbocycles. The predicted molar refractivity (Wildman–Crippen MR) is 112 cm³/mol. The number of fused-ring (bicyclic) bond motifs is 1. The summed E-state index contributed by atoms with van der Waals surface area (Å²) in [6, 6.07) is 6.45. The lowest BCUT2D eigenvalue weighted by molar-refractivity contribution is -0.117. The fraction of sp³-hybridized carbons (Fsp3) is 0.478. The normalized spacial score (nSPS) is 20.5. The van der Waals surface area contributed by atoms with Crippen molar-refractivity contribution >= 4 is 22.4 Å². The van der Waals surface area contributed by atoms with Gasteiger partial charge in [0.25, 0.3) is 0 Å². The zero-order chi connectivity index (χ0) is 19.8. The molecule has 1 aromatic heterocycles. The van der Waals surface area contributed by atoms with E-state index >= 15 is 0 Å². The van der Waals surface area contributed by atoms with Crippen molar-refractivity contribution < 1.29 is 9.90 Å². The highest BCUT2D eigenvalue weighted by atomic mass is 16.3. The van der Waals surface area contributed by atoms with Gasteiger partial charge in [-0.05, 0) is 49.8 Å². The zero-order valence-corrected chi connectivity index (χ0v) is 17.1. The van der Waals surface area contributed by atoms with Crippen molar-refractivity contribution in [3.8, 4) is 0 Å². The molecular formula is C23H30N2O2. The number of allylic oxidation sites excluding steroid dienone is 2. The minimum atomic E-state index is -0.110. The number of nitrogens with zero attached hydrogens (tertiary/aromatic N) is 1. The second kappa shape index (κ2) is 7.34. The number of aliphatic imine (C=N–C) groups is 1. The van der Waals surface area contributed by atoms with Gasteiger partial charge in [-0.25, -0.2) is 0 Å². The largest absolute Gasteiger partial charge is 0.512 e. The summed E-state index contributed by atoms with van der Waals surface area (Å²) >= 11 is 0. The van der Waals surface area contributed by atoms with Gasteiger partial charge in [0, 0.05) is 41.7 Å². The molecule has 1 fully saturated rings. The van der Waals surface area contributed by atoms with E-state index in [1.165, 1.54) is 22.2 Å². The SMILES string of the molecule is CC/C(O)=C1\C(=O)CC(C)(C)CC1=NCCc1c(C)[nH]c2ccc(C)cc12. The monoisotopic (exact) mass is 366 g/mol. The first kappa shape index (κ1) is 19.4. The van der Waals surface area contributed by atoms with Crippen LogP contribution in [0.4, 0.5) is 0 Å². The Morgan fingerprint density at radius 1 is 1.26 bits per heavy atom. The molecule has 1 aliphatic rings. The van der Waals surface area contributed by atoms with Crippen LogP contribution in [0.15, 0.2) is 34.5 Å². The first-order valence-corrected chi connectivity index (χ1v) is 9.78. The Morgan fingerprint density at radius 2 is 2.00 bits per heavy atom. The van der Waals surface area contributed by atoms with Crippen LogP contribution in [0.5, 0.6) is 0 Å². The fourth-order valence-electron chi connectivity index (χ4n) is 4.05. The minimum absolute atomic E-state index is 0.0169. The number of Topliss-reactive ketones (excluding diaryl/α,β-unsaturated/α-hetero) is 1. The molecule has 0 saturated heterocycles. The smallest absolute Gasteiger partial charge is 0.168 e. The summed E-state index contributed by atoms with van der Waals surface area (Å²) in [5, 5.41) is 11.5. The van der Waals surface area contributed by atoms with E-state index in [4.69, 9.17) is 4.99 Å². The molecule has 0 radical (unpaired) electrons. The molecule has 0 amide bonds. The fourth-order valence-corrected chi connectivity index (χ4v) is 4.05. The molecular weight excluding hydrogens is 336 g/mol. The van der Waals surface area contributed by atoms with Gasteiger partial charge in [-0.15, -0.1) is 0 Å². The van der Waals surface area contributed by atoms with E-state index in [9.17, 15) is 9.90 Å². The number of benzene rings is 1. The molecule has 1 aliphatic carbocycles. The highest BCUT2D eigenvalue weighted by Crippen LogP contribution is 2.35. The second-order valence-corrected chi connectivity index (χ2v) is 8.47. The van der Waals surface area contributed by atoms with E-state index in [1.54, 1.807) is 0 Å². The lowest BCUT2D eigenvalue weighted by Gasteiger charge is -2.31. The van der Waals surface area contributed by atoms with Gasteiger partial charge in [-0.2, -0.15) is 0 Å². The van der Waals surface area contributed by atoms with Crippen LogP contribution in [-0.4, -0.2) is 28.1 Å². The molecule has 2 N–H and O–H groups in total. The van der Waals surface area contributed by atoms with Crippen molar-refractivity contribution in [1.82, 2.24) is 4.98 Å². The molecule has 2 aromatic rings. The molecule has 0 spiro atoms. The molecule has 0 aliphatic heterocycles. The number of aliphatic hydroxyl groups is 1. The Balaban J connectivity index is 1.89. The Bertz CT molecular complexity index is 945. The van der Waals surface area contributed by atoms with Crippen LogP contribution in [0.25, 0.3) is 10.9 Å². The Labute approximate surface area is 161 Å².